The lowest BCUT2D eigenvalue weighted by atomic mass is 9.78. The van der Waals surface area contributed by atoms with Crippen LogP contribution in [0.4, 0.5) is 0 Å². The maximum atomic E-state index is 13.1. The molecule has 2 rings (SSSR count). The fraction of sp³-hybridized carbons (Fsp3) is 0.938. The number of nitrogens with zero attached hydrogens (tertiary/aromatic N) is 1. The molecule has 1 aliphatic carbocycles. The Hall–Kier alpha value is -0.260. The molecule has 0 aromatic rings. The number of piperidine rings is 1. The van der Waals surface area contributed by atoms with Crippen LogP contribution in [0.25, 0.3) is 0 Å². The van der Waals surface area contributed by atoms with E-state index < -0.39 is 0 Å². The lowest BCUT2D eigenvalue weighted by molar-refractivity contribution is -0.148. The van der Waals surface area contributed by atoms with Crippen molar-refractivity contribution >= 4 is 17.7 Å². The zero-order chi connectivity index (χ0) is 15.3. The molecule has 2 aliphatic rings. The van der Waals surface area contributed by atoms with Crippen LogP contribution in [0.2, 0.25) is 0 Å². The van der Waals surface area contributed by atoms with Crippen LogP contribution in [0.15, 0.2) is 0 Å². The lowest BCUT2D eigenvalue weighted by Crippen LogP contribution is -2.52. The molecule has 2 atom stereocenters. The monoisotopic (exact) mass is 314 g/mol. The van der Waals surface area contributed by atoms with Gasteiger partial charge in [0.15, 0.2) is 0 Å². The van der Waals surface area contributed by atoms with Gasteiger partial charge in [-0.25, -0.2) is 0 Å². The summed E-state index contributed by atoms with van der Waals surface area (Å²) in [5, 5.41) is 4.09. The number of thioether (sulfide) groups is 1. The van der Waals surface area contributed by atoms with Gasteiger partial charge in [0.25, 0.3) is 0 Å². The smallest absolute Gasteiger partial charge is 0.231 e. The van der Waals surface area contributed by atoms with Crippen LogP contribution in [-0.4, -0.2) is 61.7 Å². The highest BCUT2D eigenvalue weighted by Gasteiger charge is 2.43. The Kier molecular flexibility index (Phi) is 6.38. The Morgan fingerprint density at radius 1 is 1.38 bits per heavy atom. The first-order valence-corrected chi connectivity index (χ1v) is 9.26. The second-order valence-electron chi connectivity index (χ2n) is 6.42. The third-order valence-corrected chi connectivity index (χ3v) is 6.30. The first-order valence-electron chi connectivity index (χ1n) is 8.21. The Morgan fingerprint density at radius 3 is 2.71 bits per heavy atom. The van der Waals surface area contributed by atoms with Crippen molar-refractivity contribution in [2.75, 3.05) is 39.6 Å². The van der Waals surface area contributed by atoms with Gasteiger partial charge in [-0.15, -0.1) is 0 Å². The van der Waals surface area contributed by atoms with Crippen molar-refractivity contribution in [2.45, 2.75) is 50.3 Å². The molecule has 5 heteroatoms. The van der Waals surface area contributed by atoms with Gasteiger partial charge >= 0.3 is 0 Å². The maximum absolute atomic E-state index is 13.1. The van der Waals surface area contributed by atoms with Crippen molar-refractivity contribution in [1.29, 1.82) is 0 Å². The molecule has 0 bridgehead atoms. The molecule has 0 radical (unpaired) electrons. The van der Waals surface area contributed by atoms with Gasteiger partial charge in [-0.3, -0.25) is 4.79 Å². The van der Waals surface area contributed by atoms with Crippen molar-refractivity contribution in [3.05, 3.63) is 0 Å². The van der Waals surface area contributed by atoms with Crippen LogP contribution < -0.4 is 5.32 Å². The summed E-state index contributed by atoms with van der Waals surface area (Å²) in [6, 6.07) is 0.421. The quantitative estimate of drug-likeness (QED) is 0.815. The summed E-state index contributed by atoms with van der Waals surface area (Å²) in [6.45, 7) is 4.61. The average Bonchev–Trinajstić information content (AvgIpc) is 2.96. The van der Waals surface area contributed by atoms with Gasteiger partial charge in [0.1, 0.15) is 0 Å². The molecule has 122 valence electrons. The van der Waals surface area contributed by atoms with E-state index in [-0.39, 0.29) is 5.41 Å². The molecule has 1 aliphatic heterocycles. The minimum Gasteiger partial charge on any atom is -0.384 e. The van der Waals surface area contributed by atoms with Crippen molar-refractivity contribution in [2.24, 2.45) is 5.41 Å². The van der Waals surface area contributed by atoms with Crippen molar-refractivity contribution < 1.29 is 9.53 Å². The summed E-state index contributed by atoms with van der Waals surface area (Å²) >= 11 is 2.04. The van der Waals surface area contributed by atoms with Gasteiger partial charge in [0.2, 0.25) is 5.91 Å². The van der Waals surface area contributed by atoms with Gasteiger partial charge < -0.3 is 15.0 Å². The first-order chi connectivity index (χ1) is 10.1. The van der Waals surface area contributed by atoms with E-state index in [0.717, 1.165) is 44.0 Å². The summed E-state index contributed by atoms with van der Waals surface area (Å²) in [5.74, 6) is 1.48. The van der Waals surface area contributed by atoms with Crippen LogP contribution in [0.5, 0.6) is 0 Å². The fourth-order valence-corrected chi connectivity index (χ4v) is 4.93. The minimum atomic E-state index is -0.301. The van der Waals surface area contributed by atoms with E-state index in [1.54, 1.807) is 7.11 Å². The summed E-state index contributed by atoms with van der Waals surface area (Å²) in [7, 11) is 3.71. The van der Waals surface area contributed by atoms with Crippen LogP contribution in [0, 0.1) is 5.41 Å². The molecule has 0 aromatic carbocycles. The molecular weight excluding hydrogens is 284 g/mol. The Labute approximate surface area is 133 Å². The third kappa shape index (κ3) is 3.93. The standard InChI is InChI=1S/C16H30N2O2S/c1-4-21-14-6-5-13(11-14)18(2)15(19)16(12-20-3)7-9-17-10-8-16/h13-14,17H,4-12H2,1-3H3. The Bertz CT molecular complexity index is 340. The van der Waals surface area contributed by atoms with E-state index in [4.69, 9.17) is 4.74 Å². The Morgan fingerprint density at radius 2 is 2.10 bits per heavy atom. The molecular formula is C16H30N2O2S. The van der Waals surface area contributed by atoms with E-state index in [0.29, 0.717) is 18.6 Å². The van der Waals surface area contributed by atoms with Gasteiger partial charge in [0.05, 0.1) is 12.0 Å². The normalized spacial score (nSPS) is 28.5. The summed E-state index contributed by atoms with van der Waals surface area (Å²) in [6.07, 6.45) is 5.34. The lowest BCUT2D eigenvalue weighted by Gasteiger charge is -2.40. The van der Waals surface area contributed by atoms with E-state index >= 15 is 0 Å². The van der Waals surface area contributed by atoms with Crippen LogP contribution in [0.3, 0.4) is 0 Å². The van der Waals surface area contributed by atoms with Crippen LogP contribution in [-0.2, 0) is 9.53 Å². The average molecular weight is 314 g/mol. The molecule has 1 heterocycles. The third-order valence-electron chi connectivity index (χ3n) is 5.06. The number of ether oxygens (including phenoxy) is 1. The maximum Gasteiger partial charge on any atom is 0.231 e. The van der Waals surface area contributed by atoms with Gasteiger partial charge in [-0.2, -0.15) is 11.8 Å². The highest BCUT2D eigenvalue weighted by atomic mass is 32.2. The van der Waals surface area contributed by atoms with E-state index in [1.165, 1.54) is 12.2 Å². The largest absolute Gasteiger partial charge is 0.384 e. The highest BCUT2D eigenvalue weighted by molar-refractivity contribution is 7.99. The van der Waals surface area contributed by atoms with E-state index in [1.807, 2.05) is 23.7 Å². The minimum absolute atomic E-state index is 0.301. The fourth-order valence-electron chi connectivity index (χ4n) is 3.80. The zero-order valence-corrected chi connectivity index (χ0v) is 14.5. The summed E-state index contributed by atoms with van der Waals surface area (Å²) in [5.41, 5.74) is -0.301. The number of carbonyl (C=O) groups is 1. The Balaban J connectivity index is 1.99. The van der Waals surface area contributed by atoms with Gasteiger partial charge in [-0.1, -0.05) is 6.92 Å². The number of methoxy groups -OCH3 is 1. The van der Waals surface area contributed by atoms with Gasteiger partial charge in [-0.05, 0) is 50.9 Å². The number of hydrogen-bond donors (Lipinski definition) is 1. The summed E-state index contributed by atoms with van der Waals surface area (Å²) in [4.78, 5) is 15.1. The number of hydrogen-bond acceptors (Lipinski definition) is 4. The van der Waals surface area contributed by atoms with Crippen molar-refractivity contribution in [3.8, 4) is 0 Å². The molecule has 1 saturated heterocycles. The predicted molar refractivity (Wildman–Crippen MR) is 88.7 cm³/mol. The molecule has 2 unspecified atom stereocenters. The molecule has 4 nitrogen and oxygen atoms in total. The van der Waals surface area contributed by atoms with E-state index in [2.05, 4.69) is 12.2 Å². The SMILES string of the molecule is CCSC1CCC(N(C)C(=O)C2(COC)CCNCC2)C1. The number of amides is 1. The van der Waals surface area contributed by atoms with Crippen LogP contribution >= 0.6 is 11.8 Å². The topological polar surface area (TPSA) is 41.6 Å². The van der Waals surface area contributed by atoms with E-state index in [9.17, 15) is 4.79 Å². The predicted octanol–water partition coefficient (Wildman–Crippen LogP) is 2.14. The highest BCUT2D eigenvalue weighted by Crippen LogP contribution is 2.36. The molecule has 2 fully saturated rings. The molecule has 1 saturated carbocycles. The summed E-state index contributed by atoms with van der Waals surface area (Å²) < 4.78 is 5.40. The zero-order valence-electron chi connectivity index (χ0n) is 13.7. The van der Waals surface area contributed by atoms with Crippen molar-refractivity contribution in [3.63, 3.8) is 0 Å². The molecule has 0 spiro atoms. The second kappa shape index (κ2) is 7.84. The molecule has 21 heavy (non-hydrogen) atoms. The number of carbonyl (C=O) groups excluding carboxylic acids is 1. The molecule has 0 aromatic heterocycles. The van der Waals surface area contributed by atoms with Crippen molar-refractivity contribution in [1.82, 2.24) is 10.2 Å². The second-order valence-corrected chi connectivity index (χ2v) is 8.00. The molecule has 1 N–H and O–H groups in total. The number of nitrogens with one attached hydrogen (secondary N) is 1. The number of rotatable bonds is 6. The van der Waals surface area contributed by atoms with Crippen LogP contribution in [0.1, 0.15) is 39.0 Å². The van der Waals surface area contributed by atoms with Gasteiger partial charge in [0, 0.05) is 25.4 Å². The first kappa shape index (κ1) is 17.1. The molecule has 1 amide bonds.